The number of carboxylic acids is 1. The predicted octanol–water partition coefficient (Wildman–Crippen LogP) is 2.31. The fraction of sp³-hybridized carbons (Fsp3) is 0.500. The van der Waals surface area contributed by atoms with Crippen molar-refractivity contribution < 1.29 is 9.90 Å². The zero-order valence-corrected chi connectivity index (χ0v) is 11.5. The van der Waals surface area contributed by atoms with E-state index in [0.29, 0.717) is 11.5 Å². The van der Waals surface area contributed by atoms with Crippen molar-refractivity contribution in [3.63, 3.8) is 0 Å². The number of thioether (sulfide) groups is 1. The van der Waals surface area contributed by atoms with E-state index in [-0.39, 0.29) is 11.6 Å². The fourth-order valence-corrected chi connectivity index (χ4v) is 2.28. The summed E-state index contributed by atoms with van der Waals surface area (Å²) in [5, 5.41) is 12.2. The Morgan fingerprint density at radius 2 is 2.39 bits per heavy atom. The molecular formula is C12H19N3O2S. The Morgan fingerprint density at radius 1 is 1.67 bits per heavy atom. The molecule has 1 atom stereocenters. The Kier molecular flexibility index (Phi) is 5.77. The number of hydrogen-bond acceptors (Lipinski definition) is 5. The number of carboxylic acid groups (broad SMARTS) is 1. The molecule has 0 saturated carbocycles. The lowest BCUT2D eigenvalue weighted by Crippen LogP contribution is -2.19. The van der Waals surface area contributed by atoms with Gasteiger partial charge in [-0.2, -0.15) is 11.8 Å². The lowest BCUT2D eigenvalue weighted by Gasteiger charge is -2.15. The topological polar surface area (TPSA) is 88.2 Å². The number of pyridine rings is 1. The fourth-order valence-electron chi connectivity index (χ4n) is 1.47. The number of carbonyl (C=O) groups is 1. The Hall–Kier alpha value is -1.43. The van der Waals surface area contributed by atoms with Gasteiger partial charge < -0.3 is 16.2 Å². The highest BCUT2D eigenvalue weighted by atomic mass is 32.2. The van der Waals surface area contributed by atoms with E-state index in [9.17, 15) is 4.79 Å². The van der Waals surface area contributed by atoms with Crippen molar-refractivity contribution in [3.05, 3.63) is 17.8 Å². The third-order valence-corrected chi connectivity index (χ3v) is 3.35. The maximum Gasteiger partial charge on any atom is 0.339 e. The van der Waals surface area contributed by atoms with E-state index in [1.165, 1.54) is 12.3 Å². The molecule has 0 amide bonds. The van der Waals surface area contributed by atoms with Gasteiger partial charge in [0.1, 0.15) is 11.4 Å². The van der Waals surface area contributed by atoms with Crippen molar-refractivity contribution in [3.8, 4) is 0 Å². The number of aromatic nitrogens is 1. The van der Waals surface area contributed by atoms with Gasteiger partial charge in [0.2, 0.25) is 0 Å². The number of nitrogen functional groups attached to an aromatic ring is 1. The first-order valence-corrected chi connectivity index (χ1v) is 7.03. The third kappa shape index (κ3) is 4.44. The van der Waals surface area contributed by atoms with Crippen LogP contribution in [0.5, 0.6) is 0 Å². The molecule has 1 unspecified atom stereocenters. The van der Waals surface area contributed by atoms with E-state index in [2.05, 4.69) is 17.2 Å². The van der Waals surface area contributed by atoms with Gasteiger partial charge in [-0.15, -0.1) is 0 Å². The van der Waals surface area contributed by atoms with Crippen LogP contribution >= 0.6 is 11.8 Å². The van der Waals surface area contributed by atoms with Gasteiger partial charge >= 0.3 is 5.97 Å². The molecule has 0 radical (unpaired) electrons. The van der Waals surface area contributed by atoms with Gasteiger partial charge in [-0.3, -0.25) is 0 Å². The molecule has 1 aromatic heterocycles. The zero-order valence-electron chi connectivity index (χ0n) is 10.6. The summed E-state index contributed by atoms with van der Waals surface area (Å²) in [4.78, 5) is 15.1. The van der Waals surface area contributed by atoms with Crippen LogP contribution in [0.1, 0.15) is 30.6 Å². The Labute approximate surface area is 111 Å². The van der Waals surface area contributed by atoms with Crippen LogP contribution in [-0.2, 0) is 0 Å². The molecule has 0 bridgehead atoms. The highest BCUT2D eigenvalue weighted by Crippen LogP contribution is 2.17. The van der Waals surface area contributed by atoms with E-state index < -0.39 is 5.97 Å². The number of anilines is 2. The molecular weight excluding hydrogens is 250 g/mol. The van der Waals surface area contributed by atoms with E-state index in [1.807, 2.05) is 18.7 Å². The van der Waals surface area contributed by atoms with E-state index in [4.69, 9.17) is 10.8 Å². The van der Waals surface area contributed by atoms with Crippen LogP contribution in [0.15, 0.2) is 12.3 Å². The van der Waals surface area contributed by atoms with Crippen LogP contribution in [0.25, 0.3) is 0 Å². The van der Waals surface area contributed by atoms with Crippen molar-refractivity contribution in [2.45, 2.75) is 26.3 Å². The van der Waals surface area contributed by atoms with Crippen LogP contribution in [0.4, 0.5) is 11.5 Å². The summed E-state index contributed by atoms with van der Waals surface area (Å²) in [6, 6.07) is 1.60. The predicted molar refractivity (Wildman–Crippen MR) is 76.3 cm³/mol. The van der Waals surface area contributed by atoms with Gasteiger partial charge in [-0.25, -0.2) is 9.78 Å². The maximum atomic E-state index is 11.1. The Balaban J connectivity index is 2.68. The van der Waals surface area contributed by atoms with Crippen LogP contribution in [0.2, 0.25) is 0 Å². The van der Waals surface area contributed by atoms with Gasteiger partial charge in [0, 0.05) is 6.04 Å². The van der Waals surface area contributed by atoms with Crippen LogP contribution in [-0.4, -0.2) is 33.6 Å². The molecule has 100 valence electrons. The minimum atomic E-state index is -1.02. The summed E-state index contributed by atoms with van der Waals surface area (Å²) in [5.74, 6) is 1.49. The van der Waals surface area contributed by atoms with Gasteiger partial charge in [-0.05, 0) is 30.9 Å². The zero-order chi connectivity index (χ0) is 13.5. The Morgan fingerprint density at radius 3 is 3.00 bits per heavy atom. The molecule has 0 aliphatic rings. The molecule has 1 heterocycles. The third-order valence-electron chi connectivity index (χ3n) is 2.42. The number of hydrogen-bond donors (Lipinski definition) is 3. The van der Waals surface area contributed by atoms with Crippen LogP contribution in [0, 0.1) is 0 Å². The standard InChI is InChI=1S/C12H19N3O2S/c1-3-18-5-4-8(2)15-11-10(12(16)17)6-9(13)7-14-11/h6-8H,3-5,13H2,1-2H3,(H,14,15)(H,16,17). The van der Waals surface area contributed by atoms with Gasteiger partial charge in [0.05, 0.1) is 11.9 Å². The van der Waals surface area contributed by atoms with Gasteiger partial charge in [-0.1, -0.05) is 6.92 Å². The van der Waals surface area contributed by atoms with Crippen molar-refractivity contribution in [1.82, 2.24) is 4.98 Å². The lowest BCUT2D eigenvalue weighted by atomic mass is 10.2. The normalized spacial score (nSPS) is 12.1. The summed E-state index contributed by atoms with van der Waals surface area (Å²) in [6.07, 6.45) is 2.42. The molecule has 0 aliphatic carbocycles. The molecule has 0 aliphatic heterocycles. The van der Waals surface area contributed by atoms with Crippen LogP contribution in [0.3, 0.4) is 0 Å². The second-order valence-corrected chi connectivity index (χ2v) is 5.39. The molecule has 0 spiro atoms. The molecule has 6 heteroatoms. The summed E-state index contributed by atoms with van der Waals surface area (Å²) in [6.45, 7) is 4.13. The molecule has 0 aromatic carbocycles. The van der Waals surface area contributed by atoms with Crippen molar-refractivity contribution >= 4 is 29.2 Å². The second kappa shape index (κ2) is 7.10. The van der Waals surface area contributed by atoms with Gasteiger partial charge in [0.25, 0.3) is 0 Å². The monoisotopic (exact) mass is 269 g/mol. The minimum Gasteiger partial charge on any atom is -0.478 e. The molecule has 18 heavy (non-hydrogen) atoms. The van der Waals surface area contributed by atoms with Gasteiger partial charge in [0.15, 0.2) is 0 Å². The van der Waals surface area contributed by atoms with E-state index >= 15 is 0 Å². The van der Waals surface area contributed by atoms with E-state index in [1.54, 1.807) is 0 Å². The molecule has 5 nitrogen and oxygen atoms in total. The summed E-state index contributed by atoms with van der Waals surface area (Å²) >= 11 is 1.86. The highest BCUT2D eigenvalue weighted by molar-refractivity contribution is 7.99. The maximum absolute atomic E-state index is 11.1. The SMILES string of the molecule is CCSCCC(C)Nc1ncc(N)cc1C(=O)O. The van der Waals surface area contributed by atoms with Crippen LogP contribution < -0.4 is 11.1 Å². The molecule has 0 fully saturated rings. The molecule has 4 N–H and O–H groups in total. The minimum absolute atomic E-state index is 0.116. The number of nitrogens with zero attached hydrogens (tertiary/aromatic N) is 1. The average Bonchev–Trinajstić information content (AvgIpc) is 2.31. The second-order valence-electron chi connectivity index (χ2n) is 4.00. The first-order valence-electron chi connectivity index (χ1n) is 5.87. The van der Waals surface area contributed by atoms with E-state index in [0.717, 1.165) is 17.9 Å². The largest absolute Gasteiger partial charge is 0.478 e. The number of nitrogens with two attached hydrogens (primary N) is 1. The first-order chi connectivity index (χ1) is 8.54. The quantitative estimate of drug-likeness (QED) is 0.658. The summed E-state index contributed by atoms with van der Waals surface area (Å²) < 4.78 is 0. The summed E-state index contributed by atoms with van der Waals surface area (Å²) in [7, 11) is 0. The Bertz CT molecular complexity index is 412. The molecule has 1 rings (SSSR count). The van der Waals surface area contributed by atoms with Crippen molar-refractivity contribution in [2.75, 3.05) is 22.6 Å². The lowest BCUT2D eigenvalue weighted by molar-refractivity contribution is 0.0697. The summed E-state index contributed by atoms with van der Waals surface area (Å²) in [5.41, 5.74) is 6.01. The smallest absolute Gasteiger partial charge is 0.339 e. The highest BCUT2D eigenvalue weighted by Gasteiger charge is 2.13. The number of nitrogens with one attached hydrogen (secondary N) is 1. The molecule has 1 aromatic rings. The average molecular weight is 269 g/mol. The first kappa shape index (κ1) is 14.6. The number of aromatic carboxylic acids is 1. The molecule has 0 saturated heterocycles. The number of rotatable bonds is 7. The van der Waals surface area contributed by atoms with Crippen molar-refractivity contribution in [1.29, 1.82) is 0 Å². The van der Waals surface area contributed by atoms with Crippen molar-refractivity contribution in [2.24, 2.45) is 0 Å².